The van der Waals surface area contributed by atoms with Gasteiger partial charge in [0.25, 0.3) is 11.5 Å². The first-order valence-electron chi connectivity index (χ1n) is 11.9. The van der Waals surface area contributed by atoms with E-state index in [9.17, 15) is 22.8 Å². The van der Waals surface area contributed by atoms with E-state index in [2.05, 4.69) is 20.4 Å². The van der Waals surface area contributed by atoms with Gasteiger partial charge in [-0.15, -0.1) is 5.10 Å². The Kier molecular flexibility index (Phi) is 7.50. The lowest BCUT2D eigenvalue weighted by Gasteiger charge is -2.09. The molecule has 4 rings (SSSR count). The van der Waals surface area contributed by atoms with Crippen molar-refractivity contribution in [1.82, 2.24) is 28.9 Å². The number of anilines is 1. The molecule has 0 aliphatic rings. The van der Waals surface area contributed by atoms with Crippen molar-refractivity contribution in [3.05, 3.63) is 51.2 Å². The Bertz CT molecular complexity index is 1710. The Morgan fingerprint density at radius 2 is 1.76 bits per heavy atom. The lowest BCUT2D eigenvalue weighted by atomic mass is 10.3. The molecule has 0 fully saturated rings. The van der Waals surface area contributed by atoms with Gasteiger partial charge in [0.15, 0.2) is 18.1 Å². The third-order valence-electron chi connectivity index (χ3n) is 5.67. The van der Waals surface area contributed by atoms with Gasteiger partial charge in [0.1, 0.15) is 11.2 Å². The molecule has 4 N–H and O–H groups in total. The van der Waals surface area contributed by atoms with Crippen molar-refractivity contribution in [1.29, 1.82) is 0 Å². The summed E-state index contributed by atoms with van der Waals surface area (Å²) in [6.45, 7) is 4.16. The third kappa shape index (κ3) is 5.38. The monoisotopic (exact) mass is 544 g/mol. The largest absolute Gasteiger partial charge is 0.466 e. The number of primary sulfonamides is 1. The van der Waals surface area contributed by atoms with Crippen molar-refractivity contribution >= 4 is 32.8 Å². The van der Waals surface area contributed by atoms with Crippen molar-refractivity contribution in [2.24, 2.45) is 12.2 Å². The number of aryl methyl sites for hydroxylation is 2. The maximum atomic E-state index is 13.0. The van der Waals surface area contributed by atoms with Crippen molar-refractivity contribution < 1.29 is 17.9 Å². The fraction of sp³-hybridized carbons (Fsp3) is 0.348. The van der Waals surface area contributed by atoms with Crippen LogP contribution in [0.2, 0.25) is 0 Å². The molecule has 0 saturated carbocycles. The molecule has 0 unspecified atom stereocenters. The Morgan fingerprint density at radius 1 is 1.11 bits per heavy atom. The molecule has 3 aromatic heterocycles. The number of sulfonamides is 1. The first-order valence-corrected chi connectivity index (χ1v) is 13.4. The van der Waals surface area contributed by atoms with E-state index in [0.717, 1.165) is 0 Å². The Labute approximate surface area is 217 Å². The summed E-state index contributed by atoms with van der Waals surface area (Å²) in [7, 11) is -2.18. The van der Waals surface area contributed by atoms with Gasteiger partial charge in [0.2, 0.25) is 15.9 Å². The number of nitrogens with one attached hydrogen (secondary N) is 2. The minimum Gasteiger partial charge on any atom is -0.466 e. The average Bonchev–Trinajstić information content (AvgIpc) is 3.46. The van der Waals surface area contributed by atoms with Crippen LogP contribution in [-0.4, -0.2) is 49.8 Å². The number of amides is 1. The van der Waals surface area contributed by atoms with Gasteiger partial charge in [-0.3, -0.25) is 23.4 Å². The molecular weight excluding hydrogens is 516 g/mol. The van der Waals surface area contributed by atoms with Gasteiger partial charge in [-0.2, -0.15) is 0 Å². The molecule has 0 bridgehead atoms. The van der Waals surface area contributed by atoms with Gasteiger partial charge in [-0.25, -0.2) is 23.3 Å². The van der Waals surface area contributed by atoms with E-state index in [1.807, 2.05) is 13.8 Å². The predicted octanol–water partition coefficient (Wildman–Crippen LogP) is 0.772. The second-order valence-electron chi connectivity index (χ2n) is 8.57. The number of aromatic nitrogens is 6. The lowest BCUT2D eigenvalue weighted by Crippen LogP contribution is -2.40. The molecule has 1 aromatic carbocycles. The number of H-pyrrole nitrogens is 1. The number of imidazole rings is 1. The van der Waals surface area contributed by atoms with Crippen LogP contribution in [0.5, 0.6) is 5.88 Å². The minimum absolute atomic E-state index is 0.0747. The second kappa shape index (κ2) is 10.6. The first kappa shape index (κ1) is 26.8. The van der Waals surface area contributed by atoms with E-state index in [-0.39, 0.29) is 28.5 Å². The summed E-state index contributed by atoms with van der Waals surface area (Å²) in [5.41, 5.74) is 0.488. The highest BCUT2D eigenvalue weighted by Gasteiger charge is 2.20. The number of hydrogen-bond donors (Lipinski definition) is 3. The summed E-state index contributed by atoms with van der Waals surface area (Å²) in [4.78, 5) is 45.6. The van der Waals surface area contributed by atoms with E-state index in [1.54, 1.807) is 13.1 Å². The van der Waals surface area contributed by atoms with Crippen molar-refractivity contribution in [2.45, 2.75) is 44.7 Å². The zero-order valence-corrected chi connectivity index (χ0v) is 21.9. The number of nitrogens with zero attached hydrogens (tertiary/aromatic N) is 5. The molecule has 0 radical (unpaired) electrons. The van der Waals surface area contributed by atoms with Crippen LogP contribution in [0.1, 0.15) is 26.7 Å². The smallest absolute Gasteiger partial charge is 0.332 e. The number of ether oxygens (including phenoxy) is 1. The molecule has 3 heterocycles. The lowest BCUT2D eigenvalue weighted by molar-refractivity contribution is -0.118. The topological polar surface area (TPSA) is 189 Å². The fourth-order valence-corrected chi connectivity index (χ4v) is 4.45. The van der Waals surface area contributed by atoms with Gasteiger partial charge < -0.3 is 15.0 Å². The number of nitrogens with two attached hydrogens (primary N) is 1. The van der Waals surface area contributed by atoms with Gasteiger partial charge in [-0.05, 0) is 37.1 Å². The normalized spacial score (nSPS) is 11.7. The van der Waals surface area contributed by atoms with Crippen molar-refractivity contribution in [3.8, 4) is 17.4 Å². The molecule has 14 nitrogen and oxygen atoms in total. The maximum Gasteiger partial charge on any atom is 0.332 e. The molecule has 38 heavy (non-hydrogen) atoms. The number of benzene rings is 1. The molecule has 0 aliphatic carbocycles. The highest BCUT2D eigenvalue weighted by molar-refractivity contribution is 7.89. The van der Waals surface area contributed by atoms with Crippen LogP contribution < -0.4 is 26.4 Å². The zero-order chi connectivity index (χ0) is 27.6. The molecule has 202 valence electrons. The summed E-state index contributed by atoms with van der Waals surface area (Å²) in [6, 6.07) is 6.93. The summed E-state index contributed by atoms with van der Waals surface area (Å²) < 4.78 is 32.4. The van der Waals surface area contributed by atoms with Crippen molar-refractivity contribution in [3.63, 3.8) is 0 Å². The van der Waals surface area contributed by atoms with Crippen LogP contribution in [0, 0.1) is 0 Å². The third-order valence-corrected chi connectivity index (χ3v) is 6.60. The van der Waals surface area contributed by atoms with Gasteiger partial charge >= 0.3 is 5.69 Å². The second-order valence-corrected chi connectivity index (χ2v) is 10.1. The van der Waals surface area contributed by atoms with Gasteiger partial charge in [-0.1, -0.05) is 13.8 Å². The number of hydrogen-bond acceptors (Lipinski definition) is 8. The Hall–Kier alpha value is -4.24. The summed E-state index contributed by atoms with van der Waals surface area (Å²) in [6.07, 6.45) is 1.31. The van der Waals surface area contributed by atoms with E-state index in [4.69, 9.17) is 9.88 Å². The van der Waals surface area contributed by atoms with Gasteiger partial charge in [0.05, 0.1) is 4.90 Å². The number of rotatable bonds is 10. The number of carbonyl (C=O) groups excluding carboxylic acids is 1. The maximum absolute atomic E-state index is 13.0. The van der Waals surface area contributed by atoms with Gasteiger partial charge in [0, 0.05) is 31.9 Å². The van der Waals surface area contributed by atoms with Crippen LogP contribution in [-0.2, 0) is 35.0 Å². The molecule has 0 atom stereocenters. The molecule has 0 aliphatic heterocycles. The van der Waals surface area contributed by atoms with E-state index in [1.165, 1.54) is 38.1 Å². The quantitative estimate of drug-likeness (QED) is 0.261. The molecule has 15 heteroatoms. The number of fused-ring (bicyclic) bond motifs is 1. The average molecular weight is 545 g/mol. The van der Waals surface area contributed by atoms with Crippen LogP contribution in [0.15, 0.2) is 44.8 Å². The molecule has 0 spiro atoms. The van der Waals surface area contributed by atoms with Crippen LogP contribution in [0.4, 0.5) is 5.69 Å². The Balaban J connectivity index is 1.54. The minimum atomic E-state index is -3.83. The Morgan fingerprint density at radius 3 is 2.39 bits per heavy atom. The predicted molar refractivity (Wildman–Crippen MR) is 139 cm³/mol. The standard InChI is InChI=1S/C23H28N8O6S/c1-4-10-30-21-19(22(33)31(11-5-2)23(30)34)26-20(27-21)16-12-18(28-29(16)3)37-13-17(32)25-14-6-8-15(9-7-14)38(24,35)36/h6-9,12H,4-5,10-11,13H2,1-3H3,(H,25,32)(H,26,27)(H2,24,35,36). The van der Waals surface area contributed by atoms with Crippen LogP contribution >= 0.6 is 0 Å². The van der Waals surface area contributed by atoms with Crippen molar-refractivity contribution in [2.75, 3.05) is 11.9 Å². The molecule has 0 saturated heterocycles. The summed E-state index contributed by atoms with van der Waals surface area (Å²) in [5, 5.41) is 11.9. The first-order chi connectivity index (χ1) is 18.0. The van der Waals surface area contributed by atoms with Crippen LogP contribution in [0.25, 0.3) is 22.7 Å². The zero-order valence-electron chi connectivity index (χ0n) is 21.1. The van der Waals surface area contributed by atoms with E-state index >= 15 is 0 Å². The molecular formula is C23H28N8O6S. The summed E-state index contributed by atoms with van der Waals surface area (Å²) >= 11 is 0. The highest BCUT2D eigenvalue weighted by atomic mass is 32.2. The van der Waals surface area contributed by atoms with E-state index in [0.29, 0.717) is 43.1 Å². The highest BCUT2D eigenvalue weighted by Crippen LogP contribution is 2.22. The van der Waals surface area contributed by atoms with E-state index < -0.39 is 27.2 Å². The molecule has 1 amide bonds. The SMILES string of the molecule is CCCn1c(=O)c2[nH]c(-c3cc(OCC(=O)Nc4ccc(S(N)(=O)=O)cc4)nn3C)nc2n(CCC)c1=O. The summed E-state index contributed by atoms with van der Waals surface area (Å²) in [5.74, 6) is -0.0405. The van der Waals surface area contributed by atoms with Crippen LogP contribution in [0.3, 0.4) is 0 Å². The number of carbonyl (C=O) groups is 1. The number of aromatic amines is 1. The fourth-order valence-electron chi connectivity index (χ4n) is 3.93. The molecule has 4 aromatic rings.